The van der Waals surface area contributed by atoms with E-state index in [2.05, 4.69) is 17.1 Å². The van der Waals surface area contributed by atoms with Crippen LogP contribution in [0.15, 0.2) is 34.5 Å². The third-order valence-corrected chi connectivity index (χ3v) is 8.81. The maximum atomic E-state index is 13.0. The molecule has 5 aliphatic rings. The number of rotatable bonds is 5. The number of carboxylic acid groups (broad SMARTS) is 1. The first-order chi connectivity index (χ1) is 14.8. The number of nitrogens with zero attached hydrogens (tertiary/aromatic N) is 3. The number of thioether (sulfide) groups is 1. The van der Waals surface area contributed by atoms with E-state index in [1.807, 2.05) is 31.2 Å². The van der Waals surface area contributed by atoms with Gasteiger partial charge in [0, 0.05) is 11.1 Å². The summed E-state index contributed by atoms with van der Waals surface area (Å²) in [6, 6.07) is 7.64. The summed E-state index contributed by atoms with van der Waals surface area (Å²) >= 11 is 1.21. The lowest BCUT2D eigenvalue weighted by Crippen LogP contribution is -2.49. The number of carboxylic acids is 1. The monoisotopic (exact) mass is 439 g/mol. The first kappa shape index (κ1) is 20.7. The fourth-order valence-electron chi connectivity index (χ4n) is 6.53. The Bertz CT molecular complexity index is 934. The summed E-state index contributed by atoms with van der Waals surface area (Å²) in [6.45, 7) is 4.09. The van der Waals surface area contributed by atoms with Crippen molar-refractivity contribution in [1.82, 2.24) is 0 Å². The molecule has 4 aliphatic carbocycles. The van der Waals surface area contributed by atoms with E-state index in [0.29, 0.717) is 10.9 Å². The largest absolute Gasteiger partial charge is 0.481 e. The van der Waals surface area contributed by atoms with Crippen LogP contribution in [0.4, 0.5) is 5.69 Å². The number of aliphatic carboxylic acids is 1. The summed E-state index contributed by atoms with van der Waals surface area (Å²) in [5.41, 5.74) is 3.05. The number of carbonyl (C=O) groups excluding carboxylic acids is 1. The Kier molecular flexibility index (Phi) is 5.19. The molecule has 6 rings (SSSR count). The zero-order valence-electron chi connectivity index (χ0n) is 18.1. The van der Waals surface area contributed by atoms with Crippen molar-refractivity contribution < 1.29 is 14.7 Å². The van der Waals surface area contributed by atoms with Crippen molar-refractivity contribution in [2.75, 3.05) is 4.90 Å². The van der Waals surface area contributed by atoms with Crippen LogP contribution in [-0.2, 0) is 9.59 Å². The van der Waals surface area contributed by atoms with E-state index < -0.39 is 11.2 Å². The lowest BCUT2D eigenvalue weighted by molar-refractivity contribution is -0.138. The molecule has 1 amide bonds. The first-order valence-corrected chi connectivity index (χ1v) is 12.1. The highest BCUT2D eigenvalue weighted by Gasteiger charge is 2.52. The molecule has 1 saturated heterocycles. The maximum absolute atomic E-state index is 13.0. The lowest BCUT2D eigenvalue weighted by atomic mass is 9.48. The van der Waals surface area contributed by atoms with E-state index in [9.17, 15) is 14.7 Å². The quantitative estimate of drug-likeness (QED) is 0.524. The van der Waals surface area contributed by atoms with Crippen molar-refractivity contribution in [3.63, 3.8) is 0 Å². The van der Waals surface area contributed by atoms with Gasteiger partial charge in [-0.3, -0.25) is 14.5 Å². The van der Waals surface area contributed by atoms with Gasteiger partial charge in [0.15, 0.2) is 5.17 Å². The van der Waals surface area contributed by atoms with E-state index in [1.54, 1.807) is 0 Å². The highest BCUT2D eigenvalue weighted by Crippen LogP contribution is 2.60. The molecule has 0 spiro atoms. The van der Waals surface area contributed by atoms with E-state index in [4.69, 9.17) is 0 Å². The van der Waals surface area contributed by atoms with Crippen LogP contribution in [0.5, 0.6) is 0 Å². The summed E-state index contributed by atoms with van der Waals surface area (Å²) in [6.07, 6.45) is 7.57. The number of hydrogen-bond acceptors (Lipinski definition) is 5. The number of carbonyl (C=O) groups is 2. The van der Waals surface area contributed by atoms with Crippen LogP contribution in [0.1, 0.15) is 57.4 Å². The number of amidine groups is 1. The van der Waals surface area contributed by atoms with Crippen molar-refractivity contribution in [1.29, 1.82) is 0 Å². The topological polar surface area (TPSA) is 82.3 Å². The van der Waals surface area contributed by atoms with Crippen LogP contribution >= 0.6 is 11.8 Å². The zero-order valence-corrected chi connectivity index (χ0v) is 18.9. The van der Waals surface area contributed by atoms with Gasteiger partial charge >= 0.3 is 5.97 Å². The molecule has 1 atom stereocenters. The predicted molar refractivity (Wildman–Crippen MR) is 123 cm³/mol. The summed E-state index contributed by atoms with van der Waals surface area (Å²) in [5.74, 6) is 1.27. The molecule has 1 N–H and O–H groups in total. The molecule has 1 aromatic rings. The van der Waals surface area contributed by atoms with Gasteiger partial charge in [0.1, 0.15) is 5.25 Å². The predicted octanol–water partition coefficient (Wildman–Crippen LogP) is 4.87. The van der Waals surface area contributed by atoms with E-state index in [0.717, 1.165) is 29.0 Å². The normalized spacial score (nSPS) is 35.9. The van der Waals surface area contributed by atoms with Crippen molar-refractivity contribution in [3.8, 4) is 0 Å². The second kappa shape index (κ2) is 7.76. The zero-order chi connectivity index (χ0) is 21.8. The minimum absolute atomic E-state index is 0.168. The summed E-state index contributed by atoms with van der Waals surface area (Å²) in [7, 11) is 0. The van der Waals surface area contributed by atoms with Gasteiger partial charge < -0.3 is 5.11 Å². The van der Waals surface area contributed by atoms with Crippen LogP contribution in [0, 0.1) is 30.1 Å². The highest BCUT2D eigenvalue weighted by molar-refractivity contribution is 8.16. The fourth-order valence-corrected chi connectivity index (χ4v) is 7.61. The molecule has 4 saturated carbocycles. The standard InChI is InChI=1S/C24H29N3O3S/c1-14-3-5-19(6-4-14)27-22(30)20(10-21(28)29)31-23(27)26-25-15(2)24-11-16-7-17(12-24)9-18(8-16)13-24/h3-6,16-18,20H,7-13H2,1-2H3,(H,28,29)/t16?,17?,18?,20-,24?/m1/s1. The van der Waals surface area contributed by atoms with Crippen molar-refractivity contribution in [2.45, 2.75) is 64.0 Å². The van der Waals surface area contributed by atoms with E-state index in [1.165, 1.54) is 55.2 Å². The Morgan fingerprint density at radius 2 is 1.71 bits per heavy atom. The minimum atomic E-state index is -0.982. The Labute approximate surface area is 187 Å². The van der Waals surface area contributed by atoms with E-state index in [-0.39, 0.29) is 17.7 Å². The van der Waals surface area contributed by atoms with Crippen LogP contribution in [-0.4, -0.2) is 33.1 Å². The third-order valence-electron chi connectivity index (χ3n) is 7.68. The molecule has 7 heteroatoms. The van der Waals surface area contributed by atoms with Gasteiger partial charge in [-0.15, -0.1) is 5.10 Å². The van der Waals surface area contributed by atoms with E-state index >= 15 is 0 Å². The van der Waals surface area contributed by atoms with Gasteiger partial charge in [-0.1, -0.05) is 29.5 Å². The van der Waals surface area contributed by atoms with Crippen molar-refractivity contribution in [3.05, 3.63) is 29.8 Å². The molecule has 0 radical (unpaired) electrons. The lowest BCUT2D eigenvalue weighted by Gasteiger charge is -2.56. The van der Waals surface area contributed by atoms with Gasteiger partial charge in [0.25, 0.3) is 0 Å². The molecule has 5 fully saturated rings. The van der Waals surface area contributed by atoms with Gasteiger partial charge in [0.2, 0.25) is 5.91 Å². The SMILES string of the molecule is CC(=NN=C1S[C@H](CC(=O)O)C(=O)N1c1ccc(C)cc1)C12CC3CC(CC(C3)C1)C2. The number of benzene rings is 1. The Hall–Kier alpha value is -2.15. The Balaban J connectivity index is 1.45. The second-order valence-electron chi connectivity index (χ2n) is 9.98. The molecule has 4 bridgehead atoms. The van der Waals surface area contributed by atoms with Gasteiger partial charge in [-0.05, 0) is 82.3 Å². The average Bonchev–Trinajstić information content (AvgIpc) is 3.00. The number of aryl methyl sites for hydroxylation is 1. The number of anilines is 1. The summed E-state index contributed by atoms with van der Waals surface area (Å²) in [4.78, 5) is 25.8. The maximum Gasteiger partial charge on any atom is 0.305 e. The summed E-state index contributed by atoms with van der Waals surface area (Å²) in [5, 5.41) is 18.3. The molecular weight excluding hydrogens is 410 g/mol. The molecule has 6 nitrogen and oxygen atoms in total. The Morgan fingerprint density at radius 1 is 1.13 bits per heavy atom. The average molecular weight is 440 g/mol. The number of hydrogen-bond donors (Lipinski definition) is 1. The molecule has 1 aliphatic heterocycles. The molecule has 0 aromatic heterocycles. The Morgan fingerprint density at radius 3 is 2.26 bits per heavy atom. The van der Waals surface area contributed by atoms with Gasteiger partial charge in [0.05, 0.1) is 12.1 Å². The number of amides is 1. The smallest absolute Gasteiger partial charge is 0.305 e. The second-order valence-corrected chi connectivity index (χ2v) is 11.1. The molecule has 164 valence electrons. The molecular formula is C24H29N3O3S. The van der Waals surface area contributed by atoms with Crippen LogP contribution in [0.25, 0.3) is 0 Å². The minimum Gasteiger partial charge on any atom is -0.481 e. The molecule has 0 unspecified atom stereocenters. The van der Waals surface area contributed by atoms with Gasteiger partial charge in [-0.2, -0.15) is 5.10 Å². The van der Waals surface area contributed by atoms with Crippen molar-refractivity contribution in [2.24, 2.45) is 33.4 Å². The van der Waals surface area contributed by atoms with Gasteiger partial charge in [-0.25, -0.2) is 0 Å². The van der Waals surface area contributed by atoms with Crippen LogP contribution < -0.4 is 4.90 Å². The van der Waals surface area contributed by atoms with Crippen molar-refractivity contribution >= 4 is 40.2 Å². The third kappa shape index (κ3) is 3.81. The molecule has 1 aromatic carbocycles. The summed E-state index contributed by atoms with van der Waals surface area (Å²) < 4.78 is 0. The first-order valence-electron chi connectivity index (χ1n) is 11.2. The van der Waals surface area contributed by atoms with Crippen LogP contribution in [0.2, 0.25) is 0 Å². The van der Waals surface area contributed by atoms with Crippen LogP contribution in [0.3, 0.4) is 0 Å². The molecule has 1 heterocycles. The fraction of sp³-hybridized carbons (Fsp3) is 0.583. The highest BCUT2D eigenvalue weighted by atomic mass is 32.2. The molecule has 31 heavy (non-hydrogen) atoms.